The molecular formula is C56H38N2. The molecule has 0 saturated carbocycles. The zero-order valence-corrected chi connectivity index (χ0v) is 31.8. The average Bonchev–Trinajstić information content (AvgIpc) is 3.64. The molecule has 11 aromatic rings. The van der Waals surface area contributed by atoms with Gasteiger partial charge in [-0.25, -0.2) is 0 Å². The number of aromatic nitrogens is 1. The van der Waals surface area contributed by atoms with E-state index in [-0.39, 0.29) is 0 Å². The molecule has 11 rings (SSSR count). The Balaban J connectivity index is 1.15. The first-order valence-electron chi connectivity index (χ1n) is 19.9. The molecule has 0 fully saturated rings. The number of hydrogen-bond donors (Lipinski definition) is 0. The lowest BCUT2D eigenvalue weighted by Gasteiger charge is -2.28. The Morgan fingerprint density at radius 3 is 1.50 bits per heavy atom. The van der Waals surface area contributed by atoms with Crippen molar-refractivity contribution in [2.45, 2.75) is 0 Å². The third kappa shape index (κ3) is 5.66. The van der Waals surface area contributed by atoms with Gasteiger partial charge in [0.05, 0.1) is 22.4 Å². The quantitative estimate of drug-likeness (QED) is 0.158. The second-order valence-electron chi connectivity index (χ2n) is 14.9. The highest BCUT2D eigenvalue weighted by Gasteiger charge is 2.22. The Kier molecular flexibility index (Phi) is 8.19. The third-order valence-corrected chi connectivity index (χ3v) is 11.6. The minimum atomic E-state index is 1.09. The Hall–Kier alpha value is -7.68. The summed E-state index contributed by atoms with van der Waals surface area (Å²) in [6.45, 7) is 0. The van der Waals surface area contributed by atoms with Crippen LogP contribution >= 0.6 is 0 Å². The van der Waals surface area contributed by atoms with Gasteiger partial charge in [-0.2, -0.15) is 0 Å². The van der Waals surface area contributed by atoms with Crippen molar-refractivity contribution in [2.75, 3.05) is 4.90 Å². The maximum atomic E-state index is 2.48. The first-order valence-corrected chi connectivity index (χ1v) is 19.9. The molecule has 0 N–H and O–H groups in total. The van der Waals surface area contributed by atoms with Gasteiger partial charge in [-0.3, -0.25) is 0 Å². The lowest BCUT2D eigenvalue weighted by atomic mass is 9.92. The maximum Gasteiger partial charge on any atom is 0.0702 e. The van der Waals surface area contributed by atoms with Crippen molar-refractivity contribution in [2.24, 2.45) is 0 Å². The van der Waals surface area contributed by atoms with Crippen molar-refractivity contribution in [1.82, 2.24) is 4.57 Å². The summed E-state index contributed by atoms with van der Waals surface area (Å²) in [5.74, 6) is 0. The molecule has 1 heterocycles. The molecule has 2 nitrogen and oxygen atoms in total. The Labute approximate surface area is 338 Å². The lowest BCUT2D eigenvalue weighted by molar-refractivity contribution is 1.15. The fourth-order valence-corrected chi connectivity index (χ4v) is 8.92. The van der Waals surface area contributed by atoms with Gasteiger partial charge in [0.15, 0.2) is 0 Å². The smallest absolute Gasteiger partial charge is 0.0702 e. The van der Waals surface area contributed by atoms with E-state index >= 15 is 0 Å². The van der Waals surface area contributed by atoms with Crippen LogP contribution in [0.2, 0.25) is 0 Å². The van der Waals surface area contributed by atoms with E-state index in [0.29, 0.717) is 0 Å². The fourth-order valence-electron chi connectivity index (χ4n) is 8.92. The van der Waals surface area contributed by atoms with Crippen LogP contribution < -0.4 is 4.90 Å². The van der Waals surface area contributed by atoms with Gasteiger partial charge in [-0.15, -0.1) is 0 Å². The standard InChI is InChI=1S/C56H38N2/c1-3-15-39(16-4-1)41-29-34-45(35-30-41)57(46-36-31-42(32-37-46)40-17-5-2-6-18-40)52-27-11-12-28-53(52)58-51-26-10-9-23-50(51)56-54(58)38-33-44-21-14-25-49(55(44)56)48-24-13-20-43-19-7-8-22-47(43)48/h1-38H. The van der Waals surface area contributed by atoms with Gasteiger partial charge in [0.2, 0.25) is 0 Å². The molecule has 0 aliphatic heterocycles. The van der Waals surface area contributed by atoms with E-state index in [1.807, 2.05) is 0 Å². The molecule has 2 heteroatoms. The minimum Gasteiger partial charge on any atom is -0.308 e. The molecule has 0 bridgehead atoms. The summed E-state index contributed by atoms with van der Waals surface area (Å²) < 4.78 is 2.48. The van der Waals surface area contributed by atoms with Crippen LogP contribution in [0.1, 0.15) is 0 Å². The normalized spacial score (nSPS) is 11.4. The molecule has 0 spiro atoms. The van der Waals surface area contributed by atoms with Crippen molar-refractivity contribution in [3.05, 3.63) is 231 Å². The lowest BCUT2D eigenvalue weighted by Crippen LogP contribution is -2.13. The summed E-state index contributed by atoms with van der Waals surface area (Å²) in [6, 6.07) is 83.6. The molecule has 272 valence electrons. The van der Waals surface area contributed by atoms with Crippen LogP contribution in [0.4, 0.5) is 17.1 Å². The SMILES string of the molecule is c1ccc(-c2ccc(N(c3ccc(-c4ccccc4)cc3)c3ccccc3-n3c4ccccc4c4c5c(-c6cccc7ccccc67)cccc5ccc43)cc2)cc1. The van der Waals surface area contributed by atoms with E-state index in [9.17, 15) is 0 Å². The molecule has 58 heavy (non-hydrogen) atoms. The van der Waals surface area contributed by atoms with Gasteiger partial charge < -0.3 is 9.47 Å². The van der Waals surface area contributed by atoms with Crippen LogP contribution in [0.3, 0.4) is 0 Å². The summed E-state index contributed by atoms with van der Waals surface area (Å²) in [4.78, 5) is 2.40. The number of rotatable bonds is 7. The van der Waals surface area contributed by atoms with Crippen LogP contribution in [-0.4, -0.2) is 4.57 Å². The summed E-state index contributed by atoms with van der Waals surface area (Å²) in [6.07, 6.45) is 0. The predicted molar refractivity (Wildman–Crippen MR) is 247 cm³/mol. The molecule has 0 saturated heterocycles. The van der Waals surface area contributed by atoms with Gasteiger partial charge in [-0.1, -0.05) is 182 Å². The predicted octanol–water partition coefficient (Wildman–Crippen LogP) is 15.6. The van der Waals surface area contributed by atoms with E-state index in [2.05, 4.69) is 240 Å². The Bertz CT molecular complexity index is 3160. The highest BCUT2D eigenvalue weighted by molar-refractivity contribution is 6.26. The number of fused-ring (bicyclic) bond motifs is 6. The molecule has 0 aliphatic carbocycles. The Morgan fingerprint density at radius 2 is 0.810 bits per heavy atom. The topological polar surface area (TPSA) is 8.17 Å². The number of benzene rings is 10. The first kappa shape index (κ1) is 33.6. The zero-order chi connectivity index (χ0) is 38.4. The average molecular weight is 739 g/mol. The summed E-state index contributed by atoms with van der Waals surface area (Å²) >= 11 is 0. The first-order chi connectivity index (χ1) is 28.8. The van der Waals surface area contributed by atoms with Gasteiger partial charge in [0.1, 0.15) is 0 Å². The molecule has 0 unspecified atom stereocenters. The van der Waals surface area contributed by atoms with Crippen molar-refractivity contribution in [1.29, 1.82) is 0 Å². The van der Waals surface area contributed by atoms with E-state index in [4.69, 9.17) is 0 Å². The Morgan fingerprint density at radius 1 is 0.293 bits per heavy atom. The van der Waals surface area contributed by atoms with Crippen molar-refractivity contribution in [3.8, 4) is 39.1 Å². The van der Waals surface area contributed by atoms with Crippen molar-refractivity contribution < 1.29 is 0 Å². The van der Waals surface area contributed by atoms with Gasteiger partial charge in [-0.05, 0) is 103 Å². The minimum absolute atomic E-state index is 1.09. The van der Waals surface area contributed by atoms with Gasteiger partial charge >= 0.3 is 0 Å². The number of nitrogens with zero attached hydrogens (tertiary/aromatic N) is 2. The number of hydrogen-bond acceptors (Lipinski definition) is 1. The summed E-state index contributed by atoms with van der Waals surface area (Å²) in [7, 11) is 0. The van der Waals surface area contributed by atoms with E-state index in [1.165, 1.54) is 76.7 Å². The second-order valence-corrected chi connectivity index (χ2v) is 14.9. The van der Waals surface area contributed by atoms with Crippen molar-refractivity contribution in [3.63, 3.8) is 0 Å². The molecule has 0 amide bonds. The van der Waals surface area contributed by atoms with Crippen LogP contribution in [0.15, 0.2) is 231 Å². The van der Waals surface area contributed by atoms with Crippen LogP contribution in [-0.2, 0) is 0 Å². The van der Waals surface area contributed by atoms with E-state index in [0.717, 1.165) is 22.7 Å². The third-order valence-electron chi connectivity index (χ3n) is 11.6. The summed E-state index contributed by atoms with van der Waals surface area (Å²) in [5, 5.41) is 7.50. The molecule has 0 atom stereocenters. The number of anilines is 3. The largest absolute Gasteiger partial charge is 0.308 e. The van der Waals surface area contributed by atoms with Gasteiger partial charge in [0.25, 0.3) is 0 Å². The van der Waals surface area contributed by atoms with E-state index < -0.39 is 0 Å². The number of para-hydroxylation sites is 3. The monoisotopic (exact) mass is 738 g/mol. The maximum absolute atomic E-state index is 2.48. The highest BCUT2D eigenvalue weighted by atomic mass is 15.2. The van der Waals surface area contributed by atoms with Crippen LogP contribution in [0.5, 0.6) is 0 Å². The second kappa shape index (κ2) is 14.1. The molecule has 10 aromatic carbocycles. The summed E-state index contributed by atoms with van der Waals surface area (Å²) in [5.41, 5.74) is 14.0. The van der Waals surface area contributed by atoms with Crippen LogP contribution in [0.25, 0.3) is 82.4 Å². The molecule has 1 aromatic heterocycles. The fraction of sp³-hybridized carbons (Fsp3) is 0. The van der Waals surface area contributed by atoms with E-state index in [1.54, 1.807) is 0 Å². The molecule has 0 radical (unpaired) electrons. The van der Waals surface area contributed by atoms with Crippen LogP contribution in [0, 0.1) is 0 Å². The van der Waals surface area contributed by atoms with Gasteiger partial charge in [0, 0.05) is 22.1 Å². The molecular weight excluding hydrogens is 701 g/mol. The molecule has 0 aliphatic rings. The highest BCUT2D eigenvalue weighted by Crippen LogP contribution is 2.46. The van der Waals surface area contributed by atoms with Crippen molar-refractivity contribution >= 4 is 60.4 Å². The zero-order valence-electron chi connectivity index (χ0n) is 31.8.